The Balaban J connectivity index is 1.52. The van der Waals surface area contributed by atoms with Gasteiger partial charge in [0, 0.05) is 19.6 Å². The summed E-state index contributed by atoms with van der Waals surface area (Å²) in [7, 11) is -3.04. The molecule has 2 fully saturated rings. The van der Waals surface area contributed by atoms with Gasteiger partial charge in [0.1, 0.15) is 0 Å². The summed E-state index contributed by atoms with van der Waals surface area (Å²) in [6.45, 7) is 7.96. The van der Waals surface area contributed by atoms with E-state index in [0.717, 1.165) is 45.3 Å². The van der Waals surface area contributed by atoms with E-state index in [4.69, 9.17) is 0 Å². The number of benzene rings is 1. The number of nitrogens with zero attached hydrogens (tertiary/aromatic N) is 1. The highest BCUT2D eigenvalue weighted by Gasteiger charge is 2.35. The van der Waals surface area contributed by atoms with Crippen LogP contribution in [0.4, 0.5) is 0 Å². The molecule has 23 heavy (non-hydrogen) atoms. The SMILES string of the molecule is Cc1ccc(CN2CCCC(CNS(=O)(=O)C3CC3)C2)cc1C. The minimum absolute atomic E-state index is 0.113. The normalized spacial score (nSPS) is 23.1. The molecule has 2 aliphatic rings. The van der Waals surface area contributed by atoms with Crippen LogP contribution in [0, 0.1) is 19.8 Å². The topological polar surface area (TPSA) is 49.4 Å². The second kappa shape index (κ2) is 6.91. The summed E-state index contributed by atoms with van der Waals surface area (Å²) in [6, 6.07) is 6.67. The molecular weight excluding hydrogens is 308 g/mol. The minimum atomic E-state index is -3.04. The Morgan fingerprint density at radius 3 is 2.65 bits per heavy atom. The summed E-state index contributed by atoms with van der Waals surface area (Å²) >= 11 is 0. The van der Waals surface area contributed by atoms with Crippen LogP contribution in [0.3, 0.4) is 0 Å². The van der Waals surface area contributed by atoms with Gasteiger partial charge in [0.05, 0.1) is 5.25 Å². The van der Waals surface area contributed by atoms with Crippen molar-refractivity contribution in [2.24, 2.45) is 5.92 Å². The Morgan fingerprint density at radius 1 is 1.17 bits per heavy atom. The predicted octanol–water partition coefficient (Wildman–Crippen LogP) is 2.60. The van der Waals surface area contributed by atoms with E-state index in [9.17, 15) is 8.42 Å². The molecule has 1 saturated heterocycles. The first-order valence-corrected chi connectivity index (χ1v) is 10.3. The molecule has 3 rings (SSSR count). The van der Waals surface area contributed by atoms with Gasteiger partial charge < -0.3 is 0 Å². The van der Waals surface area contributed by atoms with Crippen molar-refractivity contribution in [3.05, 3.63) is 34.9 Å². The number of hydrogen-bond donors (Lipinski definition) is 1. The maximum atomic E-state index is 12.0. The third-order valence-electron chi connectivity index (χ3n) is 5.12. The summed E-state index contributed by atoms with van der Waals surface area (Å²) in [5, 5.41) is -0.113. The molecule has 128 valence electrons. The highest BCUT2D eigenvalue weighted by molar-refractivity contribution is 7.90. The predicted molar refractivity (Wildman–Crippen MR) is 93.9 cm³/mol. The van der Waals surface area contributed by atoms with Crippen LogP contribution in [0.5, 0.6) is 0 Å². The number of nitrogens with one attached hydrogen (secondary N) is 1. The van der Waals surface area contributed by atoms with Crippen LogP contribution in [0.15, 0.2) is 18.2 Å². The molecule has 0 spiro atoms. The first kappa shape index (κ1) is 16.9. The van der Waals surface area contributed by atoms with E-state index in [2.05, 4.69) is 41.7 Å². The molecule has 1 aromatic rings. The number of hydrogen-bond acceptors (Lipinski definition) is 3. The smallest absolute Gasteiger partial charge is 0.214 e. The van der Waals surface area contributed by atoms with Crippen molar-refractivity contribution in [1.82, 2.24) is 9.62 Å². The molecular formula is C18H28N2O2S. The Hall–Kier alpha value is -0.910. The van der Waals surface area contributed by atoms with E-state index in [-0.39, 0.29) is 5.25 Å². The van der Waals surface area contributed by atoms with Crippen molar-refractivity contribution >= 4 is 10.0 Å². The molecule has 0 radical (unpaired) electrons. The third kappa shape index (κ3) is 4.55. The summed E-state index contributed by atoms with van der Waals surface area (Å²) in [6.07, 6.45) is 3.94. The summed E-state index contributed by atoms with van der Waals surface area (Å²) in [5.41, 5.74) is 4.03. The van der Waals surface area contributed by atoms with Crippen molar-refractivity contribution in [2.75, 3.05) is 19.6 Å². The first-order valence-electron chi connectivity index (χ1n) is 8.71. The van der Waals surface area contributed by atoms with Gasteiger partial charge in [-0.15, -0.1) is 0 Å². The molecule has 0 amide bonds. The Labute approximate surface area is 140 Å². The number of rotatable bonds is 6. The second-order valence-corrected chi connectivity index (χ2v) is 9.30. The lowest BCUT2D eigenvalue weighted by atomic mass is 9.97. The summed E-state index contributed by atoms with van der Waals surface area (Å²) in [4.78, 5) is 2.46. The fourth-order valence-electron chi connectivity index (χ4n) is 3.35. The van der Waals surface area contributed by atoms with E-state index in [1.54, 1.807) is 0 Å². The molecule has 0 aromatic heterocycles. The van der Waals surface area contributed by atoms with Crippen LogP contribution in [0.1, 0.15) is 42.4 Å². The van der Waals surface area contributed by atoms with Crippen LogP contribution in [0.25, 0.3) is 0 Å². The van der Waals surface area contributed by atoms with Crippen LogP contribution in [-0.2, 0) is 16.6 Å². The molecule has 4 nitrogen and oxygen atoms in total. The fourth-order valence-corrected chi connectivity index (χ4v) is 4.81. The Morgan fingerprint density at radius 2 is 1.96 bits per heavy atom. The fraction of sp³-hybridized carbons (Fsp3) is 0.667. The van der Waals surface area contributed by atoms with Gasteiger partial charge in [-0.1, -0.05) is 18.2 Å². The van der Waals surface area contributed by atoms with Gasteiger partial charge >= 0.3 is 0 Å². The number of sulfonamides is 1. The minimum Gasteiger partial charge on any atom is -0.299 e. The average Bonchev–Trinajstić information content (AvgIpc) is 3.35. The van der Waals surface area contributed by atoms with Gasteiger partial charge in [0.15, 0.2) is 0 Å². The third-order valence-corrected chi connectivity index (χ3v) is 7.04. The summed E-state index contributed by atoms with van der Waals surface area (Å²) in [5.74, 6) is 0.434. The highest BCUT2D eigenvalue weighted by atomic mass is 32.2. The zero-order valence-electron chi connectivity index (χ0n) is 14.2. The van der Waals surface area contributed by atoms with Gasteiger partial charge in [-0.3, -0.25) is 4.90 Å². The lowest BCUT2D eigenvalue weighted by Gasteiger charge is -2.33. The molecule has 1 aromatic carbocycles. The summed E-state index contributed by atoms with van der Waals surface area (Å²) < 4.78 is 26.7. The van der Waals surface area contributed by atoms with E-state index in [1.807, 2.05) is 0 Å². The van der Waals surface area contributed by atoms with Crippen LogP contribution in [0.2, 0.25) is 0 Å². The zero-order chi connectivity index (χ0) is 16.4. The van der Waals surface area contributed by atoms with E-state index < -0.39 is 10.0 Å². The van der Waals surface area contributed by atoms with Crippen molar-refractivity contribution < 1.29 is 8.42 Å². The molecule has 0 bridgehead atoms. The average molecular weight is 337 g/mol. The van der Waals surface area contributed by atoms with Gasteiger partial charge in [0.2, 0.25) is 10.0 Å². The number of likely N-dealkylation sites (tertiary alicyclic amines) is 1. The van der Waals surface area contributed by atoms with E-state index >= 15 is 0 Å². The molecule has 1 heterocycles. The maximum Gasteiger partial charge on any atom is 0.214 e. The first-order chi connectivity index (χ1) is 10.9. The van der Waals surface area contributed by atoms with Crippen LogP contribution < -0.4 is 4.72 Å². The number of aryl methyl sites for hydroxylation is 2. The van der Waals surface area contributed by atoms with Gasteiger partial charge in [0.25, 0.3) is 0 Å². The zero-order valence-corrected chi connectivity index (χ0v) is 15.0. The lowest BCUT2D eigenvalue weighted by Crippen LogP contribution is -2.41. The van der Waals surface area contributed by atoms with Gasteiger partial charge in [-0.25, -0.2) is 13.1 Å². The largest absolute Gasteiger partial charge is 0.299 e. The van der Waals surface area contributed by atoms with Crippen molar-refractivity contribution in [2.45, 2.75) is 51.3 Å². The monoisotopic (exact) mass is 336 g/mol. The van der Waals surface area contributed by atoms with Crippen LogP contribution in [-0.4, -0.2) is 38.2 Å². The van der Waals surface area contributed by atoms with E-state index in [0.29, 0.717) is 12.5 Å². The molecule has 1 aliphatic carbocycles. The Bertz CT molecular complexity index is 653. The molecule has 1 unspecified atom stereocenters. The standard InChI is InChI=1S/C18H28N2O2S/c1-14-5-6-16(10-15(14)2)12-20-9-3-4-17(13-20)11-19-23(21,22)18-7-8-18/h5-6,10,17-19H,3-4,7-9,11-13H2,1-2H3. The van der Waals surface area contributed by atoms with Crippen molar-refractivity contribution in [3.63, 3.8) is 0 Å². The quantitative estimate of drug-likeness (QED) is 0.869. The maximum absolute atomic E-state index is 12.0. The van der Waals surface area contributed by atoms with Crippen LogP contribution >= 0.6 is 0 Å². The van der Waals surface area contributed by atoms with E-state index in [1.165, 1.54) is 16.7 Å². The lowest BCUT2D eigenvalue weighted by molar-refractivity contribution is 0.169. The molecule has 1 atom stereocenters. The van der Waals surface area contributed by atoms with Gasteiger partial charge in [-0.2, -0.15) is 0 Å². The molecule has 1 saturated carbocycles. The van der Waals surface area contributed by atoms with Crippen molar-refractivity contribution in [3.8, 4) is 0 Å². The molecule has 1 aliphatic heterocycles. The second-order valence-electron chi connectivity index (χ2n) is 7.25. The van der Waals surface area contributed by atoms with Gasteiger partial charge in [-0.05, 0) is 68.7 Å². The highest BCUT2D eigenvalue weighted by Crippen LogP contribution is 2.28. The Kier molecular flexibility index (Phi) is 5.09. The molecule has 5 heteroatoms. The number of piperidine rings is 1. The molecule has 1 N–H and O–H groups in total. The van der Waals surface area contributed by atoms with Crippen molar-refractivity contribution in [1.29, 1.82) is 0 Å².